The Bertz CT molecular complexity index is 905. The quantitative estimate of drug-likeness (QED) is 0.678. The van der Waals surface area contributed by atoms with Crippen LogP contribution in [0.5, 0.6) is 0 Å². The molecule has 3 aromatic heterocycles. The van der Waals surface area contributed by atoms with E-state index in [1.54, 1.807) is 17.1 Å². The number of aromatic nitrogens is 5. The second kappa shape index (κ2) is 7.58. The van der Waals surface area contributed by atoms with Crippen LogP contribution in [-0.4, -0.2) is 75.6 Å². The van der Waals surface area contributed by atoms with Gasteiger partial charge < -0.3 is 9.64 Å². The lowest BCUT2D eigenvalue weighted by molar-refractivity contribution is 0.0218. The van der Waals surface area contributed by atoms with Gasteiger partial charge in [0.2, 0.25) is 0 Å². The van der Waals surface area contributed by atoms with Crippen molar-refractivity contribution in [3.8, 4) is 11.4 Å². The maximum atomic E-state index is 5.47. The number of nitrogens with zero attached hydrogens (tertiary/aromatic N) is 7. The minimum Gasteiger partial charge on any atom is -0.379 e. The summed E-state index contributed by atoms with van der Waals surface area (Å²) in [5.41, 5.74) is 1.78. The van der Waals surface area contributed by atoms with Gasteiger partial charge in [-0.05, 0) is 19.1 Å². The number of anilines is 1. The number of fused-ring (bicyclic) bond motifs is 1. The van der Waals surface area contributed by atoms with Gasteiger partial charge in [-0.25, -0.2) is 9.97 Å². The minimum atomic E-state index is 0.407. The van der Waals surface area contributed by atoms with Gasteiger partial charge in [-0.1, -0.05) is 0 Å². The first-order chi connectivity index (χ1) is 13.1. The lowest BCUT2D eigenvalue weighted by Crippen LogP contribution is -2.46. The Labute approximate surface area is 158 Å². The van der Waals surface area contributed by atoms with Crippen LogP contribution in [0.15, 0.2) is 30.7 Å². The topological polar surface area (TPSA) is 72.2 Å². The maximum Gasteiger partial charge on any atom is 0.164 e. The van der Waals surface area contributed by atoms with E-state index in [0.717, 1.165) is 55.3 Å². The SMILES string of the molecule is C[C@H](CN(C)c1nc(-c2ccncc2)nc2c1cnn2C)N1CCOCC1. The molecule has 0 bridgehead atoms. The molecular weight excluding hydrogens is 342 g/mol. The monoisotopic (exact) mass is 367 g/mol. The van der Waals surface area contributed by atoms with Gasteiger partial charge in [0.05, 0.1) is 24.8 Å². The average molecular weight is 367 g/mol. The maximum absolute atomic E-state index is 5.47. The Hall–Kier alpha value is -2.58. The Morgan fingerprint density at radius 3 is 2.67 bits per heavy atom. The average Bonchev–Trinajstić information content (AvgIpc) is 3.09. The second-order valence-electron chi connectivity index (χ2n) is 6.99. The smallest absolute Gasteiger partial charge is 0.164 e. The number of aryl methyl sites for hydroxylation is 1. The highest BCUT2D eigenvalue weighted by atomic mass is 16.5. The molecule has 8 nitrogen and oxygen atoms in total. The fourth-order valence-electron chi connectivity index (χ4n) is 3.54. The van der Waals surface area contributed by atoms with E-state index in [-0.39, 0.29) is 0 Å². The third-order valence-electron chi connectivity index (χ3n) is 5.08. The molecule has 8 heteroatoms. The standard InChI is InChI=1S/C19H25N7O/c1-14(26-8-10-27-11-9-26)13-24(2)18-16-12-21-25(3)19(16)23-17(22-18)15-4-6-20-7-5-15/h4-7,12,14H,8-11,13H2,1-3H3/t14-/m1/s1. The zero-order valence-electron chi connectivity index (χ0n) is 16.0. The minimum absolute atomic E-state index is 0.407. The Morgan fingerprint density at radius 1 is 1.19 bits per heavy atom. The summed E-state index contributed by atoms with van der Waals surface area (Å²) >= 11 is 0. The molecule has 1 aliphatic heterocycles. The molecule has 0 aromatic carbocycles. The van der Waals surface area contributed by atoms with Crippen molar-refractivity contribution >= 4 is 16.9 Å². The van der Waals surface area contributed by atoms with Crippen LogP contribution in [0.2, 0.25) is 0 Å². The zero-order valence-corrected chi connectivity index (χ0v) is 16.0. The number of pyridine rings is 1. The lowest BCUT2D eigenvalue weighted by Gasteiger charge is -2.34. The van der Waals surface area contributed by atoms with E-state index in [1.807, 2.05) is 25.4 Å². The van der Waals surface area contributed by atoms with Gasteiger partial charge in [0.1, 0.15) is 5.82 Å². The van der Waals surface area contributed by atoms with E-state index in [1.165, 1.54) is 0 Å². The molecule has 0 radical (unpaired) electrons. The summed E-state index contributed by atoms with van der Waals surface area (Å²) in [4.78, 5) is 18.4. The molecule has 0 aliphatic carbocycles. The highest BCUT2D eigenvalue weighted by molar-refractivity contribution is 5.88. The van der Waals surface area contributed by atoms with Crippen LogP contribution in [0, 0.1) is 0 Å². The van der Waals surface area contributed by atoms with Crippen LogP contribution in [0.4, 0.5) is 5.82 Å². The molecule has 1 fully saturated rings. The van der Waals surface area contributed by atoms with Crippen molar-refractivity contribution in [1.82, 2.24) is 29.6 Å². The molecule has 1 atom stereocenters. The summed E-state index contributed by atoms with van der Waals surface area (Å²) in [5, 5.41) is 5.36. The summed E-state index contributed by atoms with van der Waals surface area (Å²) in [6.07, 6.45) is 5.36. The zero-order chi connectivity index (χ0) is 18.8. The predicted molar refractivity (Wildman–Crippen MR) is 105 cm³/mol. The van der Waals surface area contributed by atoms with Gasteiger partial charge >= 0.3 is 0 Å². The van der Waals surface area contributed by atoms with Gasteiger partial charge in [-0.15, -0.1) is 0 Å². The second-order valence-corrected chi connectivity index (χ2v) is 6.99. The fourth-order valence-corrected chi connectivity index (χ4v) is 3.54. The van der Waals surface area contributed by atoms with Crippen molar-refractivity contribution in [2.24, 2.45) is 7.05 Å². The van der Waals surface area contributed by atoms with Crippen molar-refractivity contribution < 1.29 is 4.74 Å². The lowest BCUT2D eigenvalue weighted by atomic mass is 10.2. The first kappa shape index (κ1) is 17.8. The van der Waals surface area contributed by atoms with Crippen molar-refractivity contribution in [2.75, 3.05) is 44.8 Å². The van der Waals surface area contributed by atoms with Crippen molar-refractivity contribution in [1.29, 1.82) is 0 Å². The van der Waals surface area contributed by atoms with E-state index >= 15 is 0 Å². The largest absolute Gasteiger partial charge is 0.379 e. The molecule has 1 aliphatic rings. The molecule has 3 aromatic rings. The molecule has 0 spiro atoms. The van der Waals surface area contributed by atoms with Crippen LogP contribution in [0.1, 0.15) is 6.92 Å². The number of morpholine rings is 1. The predicted octanol–water partition coefficient (Wildman–Crippen LogP) is 1.58. The van der Waals surface area contributed by atoms with E-state index in [4.69, 9.17) is 14.7 Å². The summed E-state index contributed by atoms with van der Waals surface area (Å²) in [5.74, 6) is 1.59. The highest BCUT2D eigenvalue weighted by Gasteiger charge is 2.21. The molecular formula is C19H25N7O. The summed E-state index contributed by atoms with van der Waals surface area (Å²) < 4.78 is 7.27. The van der Waals surface area contributed by atoms with Crippen LogP contribution in [0.25, 0.3) is 22.4 Å². The molecule has 0 unspecified atom stereocenters. The number of rotatable bonds is 5. The van der Waals surface area contributed by atoms with Crippen molar-refractivity contribution in [3.63, 3.8) is 0 Å². The normalized spacial score (nSPS) is 16.6. The summed E-state index contributed by atoms with van der Waals surface area (Å²) in [6.45, 7) is 6.69. The van der Waals surface area contributed by atoms with Crippen molar-refractivity contribution in [2.45, 2.75) is 13.0 Å². The fraction of sp³-hybridized carbons (Fsp3) is 0.474. The van der Waals surface area contributed by atoms with Crippen molar-refractivity contribution in [3.05, 3.63) is 30.7 Å². The molecule has 27 heavy (non-hydrogen) atoms. The molecule has 142 valence electrons. The molecule has 4 heterocycles. The Balaban J connectivity index is 1.67. The van der Waals surface area contributed by atoms with E-state index in [0.29, 0.717) is 11.9 Å². The van der Waals surface area contributed by atoms with Gasteiger partial charge in [-0.3, -0.25) is 14.6 Å². The third kappa shape index (κ3) is 3.63. The number of hydrogen-bond acceptors (Lipinski definition) is 7. The van der Waals surface area contributed by atoms with Crippen LogP contribution in [0.3, 0.4) is 0 Å². The Kier molecular flexibility index (Phi) is 5.00. The molecule has 0 amide bonds. The van der Waals surface area contributed by atoms with Gasteiger partial charge in [-0.2, -0.15) is 5.10 Å². The summed E-state index contributed by atoms with van der Waals surface area (Å²) in [6, 6.07) is 4.26. The number of hydrogen-bond donors (Lipinski definition) is 0. The molecule has 0 saturated carbocycles. The van der Waals surface area contributed by atoms with Crippen LogP contribution in [-0.2, 0) is 11.8 Å². The van der Waals surface area contributed by atoms with E-state index in [9.17, 15) is 0 Å². The third-order valence-corrected chi connectivity index (χ3v) is 5.08. The first-order valence-electron chi connectivity index (χ1n) is 9.26. The number of ether oxygens (including phenoxy) is 1. The van der Waals surface area contributed by atoms with Gasteiger partial charge in [0.25, 0.3) is 0 Å². The number of likely N-dealkylation sites (N-methyl/N-ethyl adjacent to an activating group) is 1. The Morgan fingerprint density at radius 2 is 1.93 bits per heavy atom. The first-order valence-corrected chi connectivity index (χ1v) is 9.26. The van der Waals surface area contributed by atoms with E-state index < -0.39 is 0 Å². The highest BCUT2D eigenvalue weighted by Crippen LogP contribution is 2.26. The van der Waals surface area contributed by atoms with Gasteiger partial charge in [0.15, 0.2) is 11.5 Å². The van der Waals surface area contributed by atoms with Crippen LogP contribution < -0.4 is 4.90 Å². The van der Waals surface area contributed by atoms with E-state index in [2.05, 4.69) is 33.9 Å². The van der Waals surface area contributed by atoms with Gasteiger partial charge in [0, 0.05) is 57.7 Å². The molecule has 1 saturated heterocycles. The van der Waals surface area contributed by atoms with Crippen LogP contribution >= 0.6 is 0 Å². The summed E-state index contributed by atoms with van der Waals surface area (Å²) in [7, 11) is 3.99. The molecule has 4 rings (SSSR count). The molecule has 0 N–H and O–H groups in total.